The molecule has 0 rings (SSSR count). The van der Waals surface area contributed by atoms with E-state index in [0.29, 0.717) is 25.7 Å². The molecule has 0 saturated heterocycles. The van der Waals surface area contributed by atoms with E-state index in [-0.39, 0.29) is 25.7 Å². The smallest absolute Gasteiger partial charge is 0.462 e. The van der Waals surface area contributed by atoms with Crippen LogP contribution in [-0.4, -0.2) is 96.7 Å². The third kappa shape index (κ3) is 69.3. The van der Waals surface area contributed by atoms with E-state index < -0.39 is 97.5 Å². The van der Waals surface area contributed by atoms with Crippen LogP contribution in [0, 0.1) is 17.8 Å². The lowest BCUT2D eigenvalue weighted by atomic mass is 9.99. The predicted octanol–water partition coefficient (Wildman–Crippen LogP) is 22.9. The lowest BCUT2D eigenvalue weighted by Crippen LogP contribution is -2.30. The average Bonchev–Trinajstić information content (AvgIpc) is 1.21. The molecule has 0 aliphatic heterocycles. The highest BCUT2D eigenvalue weighted by Crippen LogP contribution is 2.45. The fraction of sp³-hybridized carbons (Fsp3) is 0.899. The maximum atomic E-state index is 13.1. The van der Waals surface area contributed by atoms with Gasteiger partial charge in [0.15, 0.2) is 12.2 Å². The van der Waals surface area contributed by atoms with E-state index in [1.165, 1.54) is 167 Å². The van der Waals surface area contributed by atoms with Gasteiger partial charge >= 0.3 is 39.5 Å². The summed E-state index contributed by atoms with van der Waals surface area (Å²) in [6.45, 7) is 11.9. The van der Waals surface area contributed by atoms with Gasteiger partial charge in [0, 0.05) is 25.7 Å². The Morgan fingerprint density at radius 2 is 0.602 bits per heavy atom. The van der Waals surface area contributed by atoms with Crippen molar-refractivity contribution in [2.75, 3.05) is 39.6 Å². The number of phosphoric ester groups is 2. The second-order valence-electron chi connectivity index (χ2n) is 28.7. The molecule has 7 atom stereocenters. The fourth-order valence-corrected chi connectivity index (χ4v) is 13.1. The zero-order valence-electron chi connectivity index (χ0n) is 63.7. The van der Waals surface area contributed by atoms with Crippen molar-refractivity contribution in [1.82, 2.24) is 0 Å². The van der Waals surface area contributed by atoms with E-state index in [0.717, 1.165) is 133 Å². The Bertz CT molecular complexity index is 2000. The molecule has 17 nitrogen and oxygen atoms in total. The summed E-state index contributed by atoms with van der Waals surface area (Å²) >= 11 is 0. The highest BCUT2D eigenvalue weighted by Gasteiger charge is 2.30. The second-order valence-corrected chi connectivity index (χ2v) is 31.6. The van der Waals surface area contributed by atoms with Crippen molar-refractivity contribution in [1.29, 1.82) is 0 Å². The summed E-state index contributed by atoms with van der Waals surface area (Å²) in [5.74, 6) is 0.192. The molecule has 98 heavy (non-hydrogen) atoms. The highest BCUT2D eigenvalue weighted by molar-refractivity contribution is 7.47. The van der Waals surface area contributed by atoms with Gasteiger partial charge in [-0.25, -0.2) is 9.13 Å². The minimum atomic E-state index is -4.97. The van der Waals surface area contributed by atoms with Crippen molar-refractivity contribution < 1.29 is 80.2 Å². The molecule has 0 fully saturated rings. The Hall–Kier alpha value is -2.46. The lowest BCUT2D eigenvalue weighted by Gasteiger charge is -2.21. The molecule has 3 N–H and O–H groups in total. The van der Waals surface area contributed by atoms with Crippen LogP contribution in [0.1, 0.15) is 382 Å². The number of phosphoric acid groups is 2. The van der Waals surface area contributed by atoms with Crippen molar-refractivity contribution in [2.45, 2.75) is 401 Å². The number of hydrogen-bond acceptors (Lipinski definition) is 15. The van der Waals surface area contributed by atoms with E-state index in [9.17, 15) is 43.2 Å². The molecule has 0 spiro atoms. The first-order valence-electron chi connectivity index (χ1n) is 40.2. The minimum absolute atomic E-state index is 0.101. The molecule has 0 heterocycles. The van der Waals surface area contributed by atoms with Gasteiger partial charge < -0.3 is 33.8 Å². The lowest BCUT2D eigenvalue weighted by molar-refractivity contribution is -0.161. The molecule has 0 amide bonds. The third-order valence-electron chi connectivity index (χ3n) is 18.5. The van der Waals surface area contributed by atoms with Crippen LogP contribution in [0.3, 0.4) is 0 Å². The molecular formula is C79H150O17P2. The van der Waals surface area contributed by atoms with E-state index >= 15 is 0 Å². The summed E-state index contributed by atoms with van der Waals surface area (Å²) in [7, 11) is -9.93. The predicted molar refractivity (Wildman–Crippen MR) is 400 cm³/mol. The first-order chi connectivity index (χ1) is 47.3. The Balaban J connectivity index is 5.28. The number of rotatable bonds is 75. The Kier molecular flexibility index (Phi) is 67.2. The number of aliphatic hydroxyl groups is 1. The van der Waals surface area contributed by atoms with Gasteiger partial charge in [0.05, 0.1) is 26.4 Å². The molecular weight excluding hydrogens is 1280 g/mol. The molecule has 578 valence electrons. The van der Waals surface area contributed by atoms with Crippen LogP contribution in [0.25, 0.3) is 0 Å². The number of hydrogen-bond donors (Lipinski definition) is 3. The van der Waals surface area contributed by atoms with E-state index in [1.807, 2.05) is 0 Å². The maximum absolute atomic E-state index is 13.1. The number of unbranched alkanes of at least 4 members (excludes halogenated alkanes) is 38. The first kappa shape index (κ1) is 95.5. The van der Waals surface area contributed by atoms with E-state index in [4.69, 9.17) is 37.0 Å². The molecule has 0 aliphatic rings. The standard InChI is InChI=1S/C79H150O17P2/c1-8-11-12-13-14-15-16-17-20-24-27-33-38-46-53-60-76(81)89-66-74(95-78(83)62-55-48-39-34-28-25-22-19-18-21-23-26-31-36-43-50-57-70(4)5)68-93-97(85,86)91-64-73(80)65-92-98(87,88)94-69-75(67-90-77(82)61-54-47-42-41-45-52-59-72(7)10-3)96-79(84)63-56-49-40-35-30-29-32-37-44-51-58-71(6)9-2/h15-17,20,70-75,80H,8-14,18-19,21-69H2,1-7H3,(H,85,86)(H,87,88)/b16-15-,20-17-/t71?,72?,73-,74-,75-/m1/s1. The summed E-state index contributed by atoms with van der Waals surface area (Å²) in [6, 6.07) is 0. The monoisotopic (exact) mass is 1430 g/mol. The van der Waals surface area contributed by atoms with Crippen LogP contribution in [0.15, 0.2) is 24.3 Å². The SMILES string of the molecule is CCCCCC/C=C\C=C/CCCCCCCC(=O)OC[C@H](COP(=O)(O)OC[C@@H](O)COP(=O)(O)OC[C@@H](COC(=O)CCCCCCCCC(C)CC)OC(=O)CCCCCCCCCCCCC(C)CC)OC(=O)CCCCCCCCCCCCCCCCCCC(C)C. The summed E-state index contributed by atoms with van der Waals surface area (Å²) in [5, 5.41) is 10.6. The van der Waals surface area contributed by atoms with Crippen molar-refractivity contribution in [3.8, 4) is 0 Å². The van der Waals surface area contributed by atoms with Gasteiger partial charge in [0.25, 0.3) is 0 Å². The Labute approximate surface area is 599 Å². The third-order valence-corrected chi connectivity index (χ3v) is 20.4. The molecule has 4 unspecified atom stereocenters. The fourth-order valence-electron chi connectivity index (χ4n) is 11.5. The van der Waals surface area contributed by atoms with Gasteiger partial charge in [-0.05, 0) is 69.1 Å². The Morgan fingerprint density at radius 3 is 0.908 bits per heavy atom. The summed E-state index contributed by atoms with van der Waals surface area (Å²) in [6.07, 6.45) is 59.0. The van der Waals surface area contributed by atoms with Gasteiger partial charge in [0.2, 0.25) is 0 Å². The molecule has 0 aliphatic carbocycles. The molecule has 0 saturated carbocycles. The van der Waals surface area contributed by atoms with Crippen LogP contribution in [0.5, 0.6) is 0 Å². The first-order valence-corrected chi connectivity index (χ1v) is 43.2. The average molecular weight is 1430 g/mol. The van der Waals surface area contributed by atoms with Crippen LogP contribution in [-0.2, 0) is 65.4 Å². The van der Waals surface area contributed by atoms with E-state index in [2.05, 4.69) is 72.8 Å². The highest BCUT2D eigenvalue weighted by atomic mass is 31.2. The molecule has 19 heteroatoms. The minimum Gasteiger partial charge on any atom is -0.462 e. The van der Waals surface area contributed by atoms with Gasteiger partial charge in [-0.15, -0.1) is 0 Å². The largest absolute Gasteiger partial charge is 0.472 e. The summed E-state index contributed by atoms with van der Waals surface area (Å²) in [5.41, 5.74) is 0. The normalized spacial score (nSPS) is 14.7. The summed E-state index contributed by atoms with van der Waals surface area (Å²) in [4.78, 5) is 72.9. The van der Waals surface area contributed by atoms with Crippen LogP contribution in [0.2, 0.25) is 0 Å². The van der Waals surface area contributed by atoms with Crippen LogP contribution < -0.4 is 0 Å². The van der Waals surface area contributed by atoms with Crippen molar-refractivity contribution in [3.05, 3.63) is 24.3 Å². The van der Waals surface area contributed by atoms with Gasteiger partial charge in [-0.2, -0.15) is 0 Å². The number of carbonyl (C=O) groups is 4. The van der Waals surface area contributed by atoms with Gasteiger partial charge in [-0.1, -0.05) is 330 Å². The van der Waals surface area contributed by atoms with Crippen LogP contribution in [0.4, 0.5) is 0 Å². The number of aliphatic hydroxyl groups excluding tert-OH is 1. The summed E-state index contributed by atoms with van der Waals surface area (Å²) < 4.78 is 68.6. The van der Waals surface area contributed by atoms with Crippen molar-refractivity contribution in [2.24, 2.45) is 17.8 Å². The van der Waals surface area contributed by atoms with E-state index in [1.54, 1.807) is 0 Å². The second kappa shape index (κ2) is 68.9. The number of allylic oxidation sites excluding steroid dienone is 4. The number of ether oxygens (including phenoxy) is 4. The number of esters is 4. The molecule has 0 bridgehead atoms. The topological polar surface area (TPSA) is 237 Å². The van der Waals surface area contributed by atoms with Gasteiger partial charge in [-0.3, -0.25) is 37.3 Å². The van der Waals surface area contributed by atoms with Crippen molar-refractivity contribution >= 4 is 39.5 Å². The number of carbonyl (C=O) groups excluding carboxylic acids is 4. The zero-order chi connectivity index (χ0) is 72.3. The quantitative estimate of drug-likeness (QED) is 0.0169. The maximum Gasteiger partial charge on any atom is 0.472 e. The zero-order valence-corrected chi connectivity index (χ0v) is 65.5. The molecule has 0 aromatic carbocycles. The van der Waals surface area contributed by atoms with Crippen LogP contribution >= 0.6 is 15.6 Å². The molecule has 0 aromatic heterocycles. The Morgan fingerprint density at radius 1 is 0.337 bits per heavy atom. The molecule has 0 radical (unpaired) electrons. The van der Waals surface area contributed by atoms with Gasteiger partial charge in [0.1, 0.15) is 19.3 Å². The molecule has 0 aromatic rings. The van der Waals surface area contributed by atoms with Crippen molar-refractivity contribution in [3.63, 3.8) is 0 Å².